The van der Waals surface area contributed by atoms with Gasteiger partial charge in [-0.2, -0.15) is 5.10 Å². The Morgan fingerprint density at radius 1 is 1.42 bits per heavy atom. The summed E-state index contributed by atoms with van der Waals surface area (Å²) >= 11 is 0. The van der Waals surface area contributed by atoms with Crippen LogP contribution in [0.4, 0.5) is 5.95 Å². The molecule has 0 amide bonds. The number of anilines is 1. The second-order valence-corrected chi connectivity index (χ2v) is 7.06. The van der Waals surface area contributed by atoms with Crippen LogP contribution in [-0.4, -0.2) is 39.8 Å². The molecule has 0 aromatic carbocycles. The highest BCUT2D eigenvalue weighted by Crippen LogP contribution is 2.25. The summed E-state index contributed by atoms with van der Waals surface area (Å²) in [5.74, 6) is 0.351. The summed E-state index contributed by atoms with van der Waals surface area (Å²) in [6, 6.07) is -0.278. The van der Waals surface area contributed by atoms with E-state index in [4.69, 9.17) is 5.73 Å². The van der Waals surface area contributed by atoms with Crippen molar-refractivity contribution in [1.82, 2.24) is 19.3 Å². The van der Waals surface area contributed by atoms with Gasteiger partial charge in [0.05, 0.1) is 11.4 Å². The van der Waals surface area contributed by atoms with Gasteiger partial charge in [0.25, 0.3) is 0 Å². The van der Waals surface area contributed by atoms with Crippen molar-refractivity contribution < 1.29 is 8.42 Å². The van der Waals surface area contributed by atoms with E-state index in [1.54, 1.807) is 9.25 Å². The van der Waals surface area contributed by atoms with E-state index in [0.717, 1.165) is 23.3 Å². The van der Waals surface area contributed by atoms with Crippen LogP contribution in [-0.2, 0) is 23.3 Å². The van der Waals surface area contributed by atoms with Gasteiger partial charge in [-0.05, 0) is 13.3 Å². The van der Waals surface area contributed by atoms with Crippen LogP contribution in [0, 0.1) is 0 Å². The van der Waals surface area contributed by atoms with Crippen molar-refractivity contribution >= 4 is 26.9 Å². The topological polar surface area (TPSA) is 95.8 Å². The monoisotopic (exact) mass is 285 g/mol. The minimum Gasteiger partial charge on any atom is -0.369 e. The Morgan fingerprint density at radius 3 is 2.58 bits per heavy atom. The predicted octanol–water partition coefficient (Wildman–Crippen LogP) is 0.520. The van der Waals surface area contributed by atoms with Crippen molar-refractivity contribution in [3.8, 4) is 0 Å². The van der Waals surface area contributed by atoms with Crippen LogP contribution in [0.1, 0.15) is 25.6 Å². The Kier molecular flexibility index (Phi) is 3.29. The first-order valence-corrected chi connectivity index (χ1v) is 8.17. The lowest BCUT2D eigenvalue weighted by Crippen LogP contribution is -2.19. The van der Waals surface area contributed by atoms with Crippen molar-refractivity contribution in [1.29, 1.82) is 0 Å². The van der Waals surface area contributed by atoms with E-state index >= 15 is 0 Å². The maximum atomic E-state index is 11.4. The van der Waals surface area contributed by atoms with E-state index in [9.17, 15) is 8.42 Å². The highest BCUT2D eigenvalue weighted by molar-refractivity contribution is 7.90. The average molecular weight is 285 g/mol. The third-order valence-corrected chi connectivity index (χ3v) is 4.17. The van der Waals surface area contributed by atoms with Crippen molar-refractivity contribution in [3.05, 3.63) is 5.69 Å². The Hall–Kier alpha value is -1.57. The first kappa shape index (κ1) is 13.9. The number of sulfone groups is 1. The molecule has 2 N–H and O–H groups in total. The van der Waals surface area contributed by atoms with E-state index in [0.29, 0.717) is 5.95 Å². The lowest BCUT2D eigenvalue weighted by molar-refractivity contribution is 0.564. The summed E-state index contributed by atoms with van der Waals surface area (Å²) in [6.45, 7) is 3.81. The molecule has 0 aliphatic carbocycles. The molecule has 2 rings (SSSR count). The molecule has 106 valence electrons. The molecule has 0 spiro atoms. The van der Waals surface area contributed by atoms with Crippen LogP contribution >= 0.6 is 0 Å². The number of imidazole rings is 1. The number of aryl methyl sites for hydroxylation is 2. The van der Waals surface area contributed by atoms with Crippen molar-refractivity contribution in [2.24, 2.45) is 7.05 Å². The van der Waals surface area contributed by atoms with Crippen LogP contribution in [0.15, 0.2) is 0 Å². The lowest BCUT2D eigenvalue weighted by Gasteiger charge is -2.14. The van der Waals surface area contributed by atoms with Gasteiger partial charge in [-0.15, -0.1) is 0 Å². The molecule has 0 aliphatic rings. The van der Waals surface area contributed by atoms with Gasteiger partial charge in [-0.25, -0.2) is 13.4 Å². The van der Waals surface area contributed by atoms with Gasteiger partial charge in [-0.3, -0.25) is 9.25 Å². The molecular weight excluding hydrogens is 266 g/mol. The standard InChI is InChI=1S/C11H19N5O2S/c1-5-8-9-10(15(3)14-8)16(11(12)13-9)7(2)6-19(4,17)18/h7H,5-6H2,1-4H3,(H2,12,13). The number of hydrogen-bond donors (Lipinski definition) is 1. The van der Waals surface area contributed by atoms with E-state index in [1.165, 1.54) is 6.26 Å². The number of hydrogen-bond acceptors (Lipinski definition) is 5. The summed E-state index contributed by atoms with van der Waals surface area (Å²) in [5, 5.41) is 4.38. The second kappa shape index (κ2) is 4.52. The fraction of sp³-hybridized carbons (Fsp3) is 0.636. The van der Waals surface area contributed by atoms with Crippen molar-refractivity contribution in [2.75, 3.05) is 17.7 Å². The maximum absolute atomic E-state index is 11.4. The summed E-state index contributed by atoms with van der Waals surface area (Å²) < 4.78 is 26.3. The zero-order valence-corrected chi connectivity index (χ0v) is 12.4. The highest BCUT2D eigenvalue weighted by atomic mass is 32.2. The summed E-state index contributed by atoms with van der Waals surface area (Å²) in [5.41, 5.74) is 8.32. The number of nitrogen functional groups attached to an aromatic ring is 1. The Morgan fingerprint density at radius 2 is 2.05 bits per heavy atom. The number of nitrogens with zero attached hydrogens (tertiary/aromatic N) is 4. The molecule has 0 aliphatic heterocycles. The van der Waals surface area contributed by atoms with Gasteiger partial charge in [-0.1, -0.05) is 6.92 Å². The Bertz CT molecular complexity index is 713. The SMILES string of the molecule is CCc1nn(C)c2c1nc(N)n2C(C)CS(C)(=O)=O. The molecule has 8 heteroatoms. The molecule has 2 heterocycles. The van der Waals surface area contributed by atoms with Gasteiger partial charge in [0.2, 0.25) is 5.95 Å². The maximum Gasteiger partial charge on any atom is 0.202 e. The van der Waals surface area contributed by atoms with Gasteiger partial charge >= 0.3 is 0 Å². The van der Waals surface area contributed by atoms with Crippen LogP contribution in [0.5, 0.6) is 0 Å². The van der Waals surface area contributed by atoms with Crippen LogP contribution < -0.4 is 5.73 Å². The molecule has 19 heavy (non-hydrogen) atoms. The molecule has 7 nitrogen and oxygen atoms in total. The van der Waals surface area contributed by atoms with E-state index in [-0.39, 0.29) is 11.8 Å². The normalized spacial score (nSPS) is 14.1. The number of nitrogens with two attached hydrogens (primary N) is 1. The van der Waals surface area contributed by atoms with E-state index in [1.807, 2.05) is 20.9 Å². The summed E-state index contributed by atoms with van der Waals surface area (Å²) in [4.78, 5) is 4.32. The number of fused-ring (bicyclic) bond motifs is 1. The molecule has 1 unspecified atom stereocenters. The van der Waals surface area contributed by atoms with Crippen molar-refractivity contribution in [3.63, 3.8) is 0 Å². The summed E-state index contributed by atoms with van der Waals surface area (Å²) in [7, 11) is -1.27. The van der Waals surface area contributed by atoms with E-state index in [2.05, 4.69) is 10.1 Å². The van der Waals surface area contributed by atoms with Gasteiger partial charge in [0.15, 0.2) is 5.65 Å². The van der Waals surface area contributed by atoms with Crippen LogP contribution in [0.2, 0.25) is 0 Å². The Balaban J connectivity index is 2.60. The predicted molar refractivity (Wildman–Crippen MR) is 74.7 cm³/mol. The fourth-order valence-corrected chi connectivity index (χ4v) is 3.43. The molecule has 2 aromatic heterocycles. The fourth-order valence-electron chi connectivity index (χ4n) is 2.40. The first-order valence-electron chi connectivity index (χ1n) is 6.11. The largest absolute Gasteiger partial charge is 0.369 e. The molecule has 1 atom stereocenters. The average Bonchev–Trinajstić information content (AvgIpc) is 2.73. The molecule has 0 saturated carbocycles. The molecular formula is C11H19N5O2S. The van der Waals surface area contributed by atoms with Gasteiger partial charge < -0.3 is 5.73 Å². The number of rotatable bonds is 4. The second-order valence-electron chi connectivity index (χ2n) is 4.88. The zero-order chi connectivity index (χ0) is 14.4. The smallest absolute Gasteiger partial charge is 0.202 e. The molecule has 0 fully saturated rings. The number of aromatic nitrogens is 4. The highest BCUT2D eigenvalue weighted by Gasteiger charge is 2.22. The van der Waals surface area contributed by atoms with Crippen molar-refractivity contribution in [2.45, 2.75) is 26.3 Å². The zero-order valence-electron chi connectivity index (χ0n) is 11.6. The van der Waals surface area contributed by atoms with E-state index < -0.39 is 9.84 Å². The molecule has 0 bridgehead atoms. The molecule has 2 aromatic rings. The van der Waals surface area contributed by atoms with Crippen LogP contribution in [0.3, 0.4) is 0 Å². The first-order chi connectivity index (χ1) is 8.74. The quantitative estimate of drug-likeness (QED) is 0.883. The molecule has 0 radical (unpaired) electrons. The minimum atomic E-state index is -3.08. The third-order valence-electron chi connectivity index (χ3n) is 3.08. The third kappa shape index (κ3) is 2.44. The summed E-state index contributed by atoms with van der Waals surface area (Å²) in [6.07, 6.45) is 1.97. The minimum absolute atomic E-state index is 0.0231. The lowest BCUT2D eigenvalue weighted by atomic mass is 10.3. The van der Waals surface area contributed by atoms with Gasteiger partial charge in [0.1, 0.15) is 15.4 Å². The van der Waals surface area contributed by atoms with Crippen LogP contribution in [0.25, 0.3) is 11.2 Å². The Labute approximate surface area is 112 Å². The van der Waals surface area contributed by atoms with Gasteiger partial charge in [0, 0.05) is 19.3 Å². The molecule has 0 saturated heterocycles.